The molecule has 2 aromatic rings. The van der Waals surface area contributed by atoms with Crippen molar-refractivity contribution in [2.24, 2.45) is 0 Å². The number of nitrogens with one attached hydrogen (secondary N) is 1. The van der Waals surface area contributed by atoms with Crippen molar-refractivity contribution in [2.45, 2.75) is 39.2 Å². The van der Waals surface area contributed by atoms with Gasteiger partial charge in [-0.15, -0.1) is 0 Å². The summed E-state index contributed by atoms with van der Waals surface area (Å²) >= 11 is 0. The average Bonchev–Trinajstić information content (AvgIpc) is 2.77. The monoisotopic (exact) mass is 259 g/mol. The summed E-state index contributed by atoms with van der Waals surface area (Å²) in [5.41, 5.74) is 3.24. The molecule has 0 unspecified atom stereocenters. The van der Waals surface area contributed by atoms with E-state index in [1.165, 1.54) is 24.9 Å². The van der Waals surface area contributed by atoms with Crippen molar-refractivity contribution < 1.29 is 0 Å². The molecule has 0 atom stereocenters. The Morgan fingerprint density at radius 2 is 2.00 bits per heavy atom. The summed E-state index contributed by atoms with van der Waals surface area (Å²) in [7, 11) is 0. The highest BCUT2D eigenvalue weighted by molar-refractivity contribution is 5.89. The van der Waals surface area contributed by atoms with Gasteiger partial charge in [0.05, 0.1) is 16.7 Å². The molecule has 0 amide bonds. The number of hydrogen-bond donors (Lipinski definition) is 1. The summed E-state index contributed by atoms with van der Waals surface area (Å²) in [6, 6.07) is 6.22. The van der Waals surface area contributed by atoms with Crippen molar-refractivity contribution in [1.29, 1.82) is 0 Å². The van der Waals surface area contributed by atoms with Gasteiger partial charge in [0.25, 0.3) is 0 Å². The quantitative estimate of drug-likeness (QED) is 0.920. The van der Waals surface area contributed by atoms with Crippen molar-refractivity contribution in [3.05, 3.63) is 28.7 Å². The van der Waals surface area contributed by atoms with Gasteiger partial charge in [-0.3, -0.25) is 4.57 Å². The number of aromatic amines is 1. The van der Waals surface area contributed by atoms with E-state index in [4.69, 9.17) is 0 Å². The Balaban J connectivity index is 2.10. The van der Waals surface area contributed by atoms with Crippen molar-refractivity contribution in [2.75, 3.05) is 18.0 Å². The summed E-state index contributed by atoms with van der Waals surface area (Å²) in [4.78, 5) is 17.5. The van der Waals surface area contributed by atoms with Crippen LogP contribution in [-0.2, 0) is 6.54 Å². The van der Waals surface area contributed by atoms with Crippen molar-refractivity contribution in [1.82, 2.24) is 9.55 Å². The number of hydrogen-bond acceptors (Lipinski definition) is 2. The molecule has 1 aromatic heterocycles. The summed E-state index contributed by atoms with van der Waals surface area (Å²) < 4.78 is 1.85. The smallest absolute Gasteiger partial charge is 0.326 e. The minimum Gasteiger partial charge on any atom is -0.370 e. The maximum absolute atomic E-state index is 12.1. The number of H-pyrrole nitrogens is 1. The molecule has 19 heavy (non-hydrogen) atoms. The number of aryl methyl sites for hydroxylation is 1. The Labute approximate surface area is 113 Å². The highest BCUT2D eigenvalue weighted by Gasteiger charge is 2.16. The van der Waals surface area contributed by atoms with E-state index in [-0.39, 0.29) is 5.69 Å². The normalized spacial score (nSPS) is 16.2. The van der Waals surface area contributed by atoms with E-state index in [2.05, 4.69) is 28.9 Å². The zero-order valence-electron chi connectivity index (χ0n) is 11.5. The first-order valence-corrected chi connectivity index (χ1v) is 7.27. The standard InChI is InChI=1S/C15H21N3O/c1-2-9-18-13-8-6-7-12(14(13)16-15(18)19)17-10-4-3-5-11-17/h6-8H,2-5,9-11H2,1H3,(H,16,19). The van der Waals surface area contributed by atoms with Gasteiger partial charge in [-0.05, 0) is 37.8 Å². The van der Waals surface area contributed by atoms with Crippen LogP contribution in [0.15, 0.2) is 23.0 Å². The molecule has 4 heteroatoms. The van der Waals surface area contributed by atoms with E-state index in [1.807, 2.05) is 10.6 Å². The minimum atomic E-state index is 0.0151. The molecular formula is C15H21N3O. The molecular weight excluding hydrogens is 238 g/mol. The van der Waals surface area contributed by atoms with Gasteiger partial charge in [0, 0.05) is 19.6 Å². The van der Waals surface area contributed by atoms with E-state index >= 15 is 0 Å². The molecule has 1 aliphatic rings. The molecule has 0 aliphatic carbocycles. The van der Waals surface area contributed by atoms with Crippen LogP contribution in [0, 0.1) is 0 Å². The molecule has 0 saturated carbocycles. The molecule has 1 fully saturated rings. The molecule has 0 spiro atoms. The molecule has 0 bridgehead atoms. The van der Waals surface area contributed by atoms with Crippen molar-refractivity contribution in [3.63, 3.8) is 0 Å². The van der Waals surface area contributed by atoms with Crippen LogP contribution in [0.5, 0.6) is 0 Å². The number of anilines is 1. The summed E-state index contributed by atoms with van der Waals surface area (Å²) in [5.74, 6) is 0. The van der Waals surface area contributed by atoms with Crippen molar-refractivity contribution in [3.8, 4) is 0 Å². The zero-order chi connectivity index (χ0) is 13.2. The number of imidazole rings is 1. The van der Waals surface area contributed by atoms with E-state index in [0.717, 1.165) is 37.1 Å². The van der Waals surface area contributed by atoms with Gasteiger partial charge in [0.2, 0.25) is 0 Å². The molecule has 4 nitrogen and oxygen atoms in total. The molecule has 1 aliphatic heterocycles. The predicted molar refractivity (Wildman–Crippen MR) is 78.9 cm³/mol. The number of fused-ring (bicyclic) bond motifs is 1. The Kier molecular flexibility index (Phi) is 3.32. The lowest BCUT2D eigenvalue weighted by molar-refractivity contribution is 0.579. The number of rotatable bonds is 3. The third-order valence-electron chi connectivity index (χ3n) is 3.93. The second-order valence-corrected chi connectivity index (χ2v) is 5.30. The fraction of sp³-hybridized carbons (Fsp3) is 0.533. The fourth-order valence-electron chi connectivity index (χ4n) is 3.01. The van der Waals surface area contributed by atoms with Crippen LogP contribution >= 0.6 is 0 Å². The lowest BCUT2D eigenvalue weighted by Gasteiger charge is -2.29. The van der Waals surface area contributed by atoms with Crippen LogP contribution in [-0.4, -0.2) is 22.6 Å². The highest BCUT2D eigenvalue weighted by Crippen LogP contribution is 2.27. The van der Waals surface area contributed by atoms with Gasteiger partial charge in [0.15, 0.2) is 0 Å². The SMILES string of the molecule is CCCn1c(=O)[nH]c2c(N3CCCCC3)cccc21. The molecule has 3 rings (SSSR count). The predicted octanol–water partition coefficient (Wildman–Crippen LogP) is 2.73. The number of para-hydroxylation sites is 1. The molecule has 1 saturated heterocycles. The first kappa shape index (κ1) is 12.3. The summed E-state index contributed by atoms with van der Waals surface area (Å²) in [5, 5.41) is 0. The maximum Gasteiger partial charge on any atom is 0.326 e. The lowest BCUT2D eigenvalue weighted by Crippen LogP contribution is -2.29. The average molecular weight is 259 g/mol. The Bertz CT molecular complexity index is 620. The molecule has 102 valence electrons. The largest absolute Gasteiger partial charge is 0.370 e. The van der Waals surface area contributed by atoms with Crippen LogP contribution in [0.2, 0.25) is 0 Å². The van der Waals surface area contributed by atoms with E-state index in [1.54, 1.807) is 0 Å². The van der Waals surface area contributed by atoms with E-state index in [9.17, 15) is 4.79 Å². The zero-order valence-corrected chi connectivity index (χ0v) is 11.5. The maximum atomic E-state index is 12.1. The second kappa shape index (κ2) is 5.11. The molecule has 0 radical (unpaired) electrons. The van der Waals surface area contributed by atoms with Gasteiger partial charge in [0.1, 0.15) is 0 Å². The number of piperidine rings is 1. The van der Waals surface area contributed by atoms with Gasteiger partial charge in [-0.25, -0.2) is 4.79 Å². The van der Waals surface area contributed by atoms with Gasteiger partial charge in [-0.2, -0.15) is 0 Å². The van der Waals surface area contributed by atoms with Crippen LogP contribution in [0.1, 0.15) is 32.6 Å². The van der Waals surface area contributed by atoms with Gasteiger partial charge >= 0.3 is 5.69 Å². The van der Waals surface area contributed by atoms with Gasteiger partial charge in [-0.1, -0.05) is 13.0 Å². The number of aromatic nitrogens is 2. The topological polar surface area (TPSA) is 41.0 Å². The third kappa shape index (κ3) is 2.15. The van der Waals surface area contributed by atoms with Gasteiger partial charge < -0.3 is 9.88 Å². The fourth-order valence-corrected chi connectivity index (χ4v) is 3.01. The highest BCUT2D eigenvalue weighted by atomic mass is 16.1. The molecule has 2 heterocycles. The second-order valence-electron chi connectivity index (χ2n) is 5.30. The first-order chi connectivity index (χ1) is 9.31. The van der Waals surface area contributed by atoms with Crippen LogP contribution < -0.4 is 10.6 Å². The van der Waals surface area contributed by atoms with Crippen molar-refractivity contribution >= 4 is 16.7 Å². The van der Waals surface area contributed by atoms with E-state index in [0.29, 0.717) is 0 Å². The molecule has 1 N–H and O–H groups in total. The van der Waals surface area contributed by atoms with E-state index < -0.39 is 0 Å². The Hall–Kier alpha value is -1.71. The summed E-state index contributed by atoms with van der Waals surface area (Å²) in [6.45, 7) is 5.07. The Morgan fingerprint density at radius 1 is 1.21 bits per heavy atom. The number of benzene rings is 1. The molecule has 1 aromatic carbocycles. The van der Waals surface area contributed by atoms with Crippen LogP contribution in [0.4, 0.5) is 5.69 Å². The lowest BCUT2D eigenvalue weighted by atomic mass is 10.1. The first-order valence-electron chi connectivity index (χ1n) is 7.27. The van der Waals surface area contributed by atoms with Crippen LogP contribution in [0.3, 0.4) is 0 Å². The minimum absolute atomic E-state index is 0.0151. The Morgan fingerprint density at radius 3 is 2.74 bits per heavy atom. The summed E-state index contributed by atoms with van der Waals surface area (Å²) in [6.07, 6.45) is 4.78. The number of nitrogens with zero attached hydrogens (tertiary/aromatic N) is 2. The third-order valence-corrected chi connectivity index (χ3v) is 3.93. The van der Waals surface area contributed by atoms with Crippen LogP contribution in [0.25, 0.3) is 11.0 Å².